The molecule has 0 atom stereocenters. The molecule has 0 spiro atoms. The number of methoxy groups -OCH3 is 1. The first-order chi connectivity index (χ1) is 10.4. The molecule has 4 heteroatoms. The van der Waals surface area contributed by atoms with Crippen LogP contribution in [0.3, 0.4) is 0 Å². The molecule has 1 aromatic carbocycles. The van der Waals surface area contributed by atoms with E-state index in [1.54, 1.807) is 7.11 Å². The topological polar surface area (TPSA) is 32.8 Å². The number of hydrogen-bond acceptors (Lipinski definition) is 3. The molecule has 1 heterocycles. The number of hydrogen-bond donors (Lipinski definition) is 0. The van der Waals surface area contributed by atoms with Gasteiger partial charge in [0.05, 0.1) is 12.5 Å². The summed E-state index contributed by atoms with van der Waals surface area (Å²) in [6.45, 7) is 6.08. The van der Waals surface area contributed by atoms with Crippen LogP contribution in [0.1, 0.15) is 32.3 Å². The quantitative estimate of drug-likeness (QED) is 0.857. The normalized spacial score (nSPS) is 17.3. The maximum Gasteiger partial charge on any atom is 0.232 e. The summed E-state index contributed by atoms with van der Waals surface area (Å²) in [5.41, 5.74) is 0.354. The van der Waals surface area contributed by atoms with E-state index >= 15 is 0 Å². The van der Waals surface area contributed by atoms with E-state index in [0.717, 1.165) is 37.2 Å². The van der Waals surface area contributed by atoms with Gasteiger partial charge in [0.25, 0.3) is 0 Å². The minimum Gasteiger partial charge on any atom is -0.496 e. The van der Waals surface area contributed by atoms with Crippen molar-refractivity contribution in [3.63, 3.8) is 0 Å². The van der Waals surface area contributed by atoms with Crippen molar-refractivity contribution in [3.05, 3.63) is 29.8 Å². The lowest BCUT2D eigenvalue weighted by Gasteiger charge is -2.39. The number of nitrogens with zero attached hydrogens (tertiary/aromatic N) is 2. The molecule has 22 heavy (non-hydrogen) atoms. The molecule has 0 aromatic heterocycles. The van der Waals surface area contributed by atoms with Gasteiger partial charge in [-0.2, -0.15) is 0 Å². The van der Waals surface area contributed by atoms with E-state index in [1.807, 2.05) is 50.1 Å². The first kappa shape index (κ1) is 16.8. The standard InChI is InChI=1S/C18H28N2O2/c1-18(2,15-8-6-7-9-16(15)22-5)17(21)20(4)14-10-12-19(3)13-11-14/h6-9,14H,10-13H2,1-5H3. The molecule has 122 valence electrons. The van der Waals surface area contributed by atoms with Crippen LogP contribution in [0, 0.1) is 0 Å². The summed E-state index contributed by atoms with van der Waals surface area (Å²) in [5.74, 6) is 0.934. The fourth-order valence-corrected chi connectivity index (χ4v) is 3.27. The first-order valence-electron chi connectivity index (χ1n) is 7.97. The highest BCUT2D eigenvalue weighted by Crippen LogP contribution is 2.33. The predicted molar refractivity (Wildman–Crippen MR) is 89.3 cm³/mol. The van der Waals surface area contributed by atoms with E-state index in [-0.39, 0.29) is 5.91 Å². The third-order valence-corrected chi connectivity index (χ3v) is 4.87. The van der Waals surface area contributed by atoms with E-state index < -0.39 is 5.41 Å². The van der Waals surface area contributed by atoms with Crippen LogP contribution in [-0.4, -0.2) is 56.0 Å². The molecule has 1 saturated heterocycles. The molecular weight excluding hydrogens is 276 g/mol. The molecule has 0 aliphatic carbocycles. The minimum absolute atomic E-state index is 0.159. The zero-order chi connectivity index (χ0) is 16.3. The Kier molecular flexibility index (Phi) is 5.12. The number of piperidine rings is 1. The zero-order valence-corrected chi connectivity index (χ0v) is 14.4. The first-order valence-corrected chi connectivity index (χ1v) is 7.97. The summed E-state index contributed by atoms with van der Waals surface area (Å²) < 4.78 is 5.44. The number of rotatable bonds is 4. The second kappa shape index (κ2) is 6.69. The summed E-state index contributed by atoms with van der Waals surface area (Å²) in [4.78, 5) is 17.3. The van der Waals surface area contributed by atoms with Crippen molar-refractivity contribution in [2.45, 2.75) is 38.1 Å². The van der Waals surface area contributed by atoms with Crippen molar-refractivity contribution in [1.29, 1.82) is 0 Å². The molecule has 0 N–H and O–H groups in total. The van der Waals surface area contributed by atoms with Crippen LogP contribution in [-0.2, 0) is 10.2 Å². The van der Waals surface area contributed by atoms with Crippen LogP contribution in [0.4, 0.5) is 0 Å². The monoisotopic (exact) mass is 304 g/mol. The molecule has 1 fully saturated rings. The summed E-state index contributed by atoms with van der Waals surface area (Å²) in [5, 5.41) is 0. The van der Waals surface area contributed by atoms with E-state index in [1.165, 1.54) is 0 Å². The largest absolute Gasteiger partial charge is 0.496 e. The van der Waals surface area contributed by atoms with Crippen molar-refractivity contribution in [3.8, 4) is 5.75 Å². The lowest BCUT2D eigenvalue weighted by atomic mass is 9.82. The van der Waals surface area contributed by atoms with Gasteiger partial charge in [0, 0.05) is 18.7 Å². The van der Waals surface area contributed by atoms with Gasteiger partial charge >= 0.3 is 0 Å². The molecule has 2 rings (SSSR count). The number of ether oxygens (including phenoxy) is 1. The van der Waals surface area contributed by atoms with Crippen molar-refractivity contribution >= 4 is 5.91 Å². The van der Waals surface area contributed by atoms with Crippen LogP contribution < -0.4 is 4.74 Å². The molecule has 0 bridgehead atoms. The summed E-state index contributed by atoms with van der Waals surface area (Å²) >= 11 is 0. The Balaban J connectivity index is 2.19. The molecule has 4 nitrogen and oxygen atoms in total. The Morgan fingerprint density at radius 3 is 2.45 bits per heavy atom. The van der Waals surface area contributed by atoms with Gasteiger partial charge in [0.2, 0.25) is 5.91 Å². The Hall–Kier alpha value is -1.55. The highest BCUT2D eigenvalue weighted by Gasteiger charge is 2.37. The number of amides is 1. The van der Waals surface area contributed by atoms with E-state index in [2.05, 4.69) is 11.9 Å². The number of carbonyl (C=O) groups is 1. The molecular formula is C18H28N2O2. The molecule has 0 radical (unpaired) electrons. The zero-order valence-electron chi connectivity index (χ0n) is 14.4. The van der Waals surface area contributed by atoms with Crippen LogP contribution in [0.15, 0.2) is 24.3 Å². The van der Waals surface area contributed by atoms with Crippen LogP contribution in [0.5, 0.6) is 5.75 Å². The molecule has 1 aliphatic heterocycles. The Bertz CT molecular complexity index is 520. The highest BCUT2D eigenvalue weighted by atomic mass is 16.5. The van der Waals surface area contributed by atoms with Gasteiger partial charge in [-0.1, -0.05) is 18.2 Å². The number of likely N-dealkylation sites (tertiary alicyclic amines) is 1. The number of benzene rings is 1. The molecule has 1 aliphatic rings. The number of para-hydroxylation sites is 1. The van der Waals surface area contributed by atoms with Gasteiger partial charge in [-0.15, -0.1) is 0 Å². The van der Waals surface area contributed by atoms with Gasteiger partial charge < -0.3 is 14.5 Å². The van der Waals surface area contributed by atoms with E-state index in [4.69, 9.17) is 4.74 Å². The van der Waals surface area contributed by atoms with Crippen molar-refractivity contribution in [1.82, 2.24) is 9.80 Å². The van der Waals surface area contributed by atoms with Gasteiger partial charge in [0.15, 0.2) is 0 Å². The van der Waals surface area contributed by atoms with E-state index in [0.29, 0.717) is 6.04 Å². The Labute approximate surface area is 134 Å². The van der Waals surface area contributed by atoms with Crippen LogP contribution >= 0.6 is 0 Å². The molecule has 1 aromatic rings. The highest BCUT2D eigenvalue weighted by molar-refractivity contribution is 5.88. The second-order valence-corrected chi connectivity index (χ2v) is 6.78. The van der Waals surface area contributed by atoms with E-state index in [9.17, 15) is 4.79 Å². The maximum atomic E-state index is 13.1. The Morgan fingerprint density at radius 2 is 1.86 bits per heavy atom. The lowest BCUT2D eigenvalue weighted by Crippen LogP contribution is -2.50. The molecule has 0 unspecified atom stereocenters. The molecule has 1 amide bonds. The van der Waals surface area contributed by atoms with Gasteiger partial charge in [-0.25, -0.2) is 0 Å². The Morgan fingerprint density at radius 1 is 1.27 bits per heavy atom. The second-order valence-electron chi connectivity index (χ2n) is 6.78. The predicted octanol–water partition coefficient (Wildman–Crippen LogP) is 2.53. The van der Waals surface area contributed by atoms with Crippen LogP contribution in [0.25, 0.3) is 0 Å². The lowest BCUT2D eigenvalue weighted by molar-refractivity contribution is -0.138. The van der Waals surface area contributed by atoms with Crippen molar-refractivity contribution in [2.24, 2.45) is 0 Å². The third kappa shape index (κ3) is 3.27. The van der Waals surface area contributed by atoms with Crippen molar-refractivity contribution in [2.75, 3.05) is 34.3 Å². The summed E-state index contributed by atoms with van der Waals surface area (Å²) in [7, 11) is 5.73. The summed E-state index contributed by atoms with van der Waals surface area (Å²) in [6.07, 6.45) is 2.08. The summed E-state index contributed by atoms with van der Waals surface area (Å²) in [6, 6.07) is 8.13. The van der Waals surface area contributed by atoms with Gasteiger partial charge in [-0.3, -0.25) is 4.79 Å². The molecule has 0 saturated carbocycles. The third-order valence-electron chi connectivity index (χ3n) is 4.87. The number of carbonyl (C=O) groups excluding carboxylic acids is 1. The maximum absolute atomic E-state index is 13.1. The van der Waals surface area contributed by atoms with Crippen LogP contribution in [0.2, 0.25) is 0 Å². The average molecular weight is 304 g/mol. The fourth-order valence-electron chi connectivity index (χ4n) is 3.27. The van der Waals surface area contributed by atoms with Crippen molar-refractivity contribution < 1.29 is 9.53 Å². The van der Waals surface area contributed by atoms with Gasteiger partial charge in [0.1, 0.15) is 5.75 Å². The number of likely N-dealkylation sites (N-methyl/N-ethyl adjacent to an activating group) is 1. The SMILES string of the molecule is COc1ccccc1C(C)(C)C(=O)N(C)C1CCN(C)CC1. The van der Waals surface area contributed by atoms with Gasteiger partial charge in [-0.05, 0) is 52.9 Å². The average Bonchev–Trinajstić information content (AvgIpc) is 2.54. The fraction of sp³-hybridized carbons (Fsp3) is 0.611. The smallest absolute Gasteiger partial charge is 0.232 e. The minimum atomic E-state index is -0.593.